The monoisotopic (exact) mass is 436 g/mol. The number of carbonyl (C=O) groups is 1. The minimum Gasteiger partial charge on any atom is -0.493 e. The first kappa shape index (κ1) is 20.9. The summed E-state index contributed by atoms with van der Waals surface area (Å²) in [6.45, 7) is 4.17. The topological polar surface area (TPSA) is 89.7 Å². The standard InChI is InChI=1S/C24H28N4O4/c1-31-24(30)17-5-6-20-21(13-17)28(14-18-9-12-32-18)22(25-20)15-27-10-7-16(8-11-27)19-3-2-4-23(29)26-19/h2-6,13,16,18H,7-12,14-15H2,1H3,(H,26,29)/t18-/m0/s1. The Balaban J connectivity index is 1.35. The van der Waals surface area contributed by atoms with Gasteiger partial charge in [-0.3, -0.25) is 4.90 Å². The van der Waals surface area contributed by atoms with E-state index in [-0.39, 0.29) is 18.0 Å². The van der Waals surface area contributed by atoms with Gasteiger partial charge in [0.2, 0.25) is 5.88 Å². The van der Waals surface area contributed by atoms with Gasteiger partial charge in [0.15, 0.2) is 0 Å². The molecule has 2 saturated heterocycles. The maximum absolute atomic E-state index is 12.0. The van der Waals surface area contributed by atoms with E-state index in [2.05, 4.69) is 14.5 Å². The van der Waals surface area contributed by atoms with E-state index in [9.17, 15) is 9.90 Å². The Morgan fingerprint density at radius 1 is 1.19 bits per heavy atom. The molecule has 0 amide bonds. The number of nitrogens with zero attached hydrogens (tertiary/aromatic N) is 4. The largest absolute Gasteiger partial charge is 0.493 e. The van der Waals surface area contributed by atoms with E-state index in [0.717, 1.165) is 74.6 Å². The lowest BCUT2D eigenvalue weighted by Gasteiger charge is -2.32. The summed E-state index contributed by atoms with van der Waals surface area (Å²) in [5, 5.41) is 9.69. The summed E-state index contributed by atoms with van der Waals surface area (Å²) in [5.41, 5.74) is 3.32. The number of aromatic nitrogens is 3. The second-order valence-corrected chi connectivity index (χ2v) is 8.59. The predicted molar refractivity (Wildman–Crippen MR) is 119 cm³/mol. The molecular formula is C24H28N4O4. The molecule has 0 spiro atoms. The van der Waals surface area contributed by atoms with Crippen molar-refractivity contribution in [3.05, 3.63) is 53.5 Å². The van der Waals surface area contributed by atoms with E-state index < -0.39 is 0 Å². The molecule has 4 heterocycles. The van der Waals surface area contributed by atoms with Gasteiger partial charge in [0.1, 0.15) is 5.82 Å². The van der Waals surface area contributed by atoms with Gasteiger partial charge in [0.05, 0.1) is 42.9 Å². The SMILES string of the molecule is COC(=O)c1ccc2nc(CN3CCC(c4cccc(O)n4)CC3)n(C[C@@H]3CCO3)c2c1. The Morgan fingerprint density at radius 3 is 2.69 bits per heavy atom. The number of pyridine rings is 1. The smallest absolute Gasteiger partial charge is 0.337 e. The van der Waals surface area contributed by atoms with Crippen molar-refractivity contribution >= 4 is 17.0 Å². The number of esters is 1. The van der Waals surface area contributed by atoms with Crippen molar-refractivity contribution in [1.82, 2.24) is 19.4 Å². The third-order valence-corrected chi connectivity index (χ3v) is 6.55. The lowest BCUT2D eigenvalue weighted by Crippen LogP contribution is -2.35. The van der Waals surface area contributed by atoms with Gasteiger partial charge < -0.3 is 19.1 Å². The minimum absolute atomic E-state index is 0.0863. The van der Waals surface area contributed by atoms with Crippen LogP contribution in [0.1, 0.15) is 47.1 Å². The molecule has 0 aliphatic carbocycles. The van der Waals surface area contributed by atoms with E-state index in [0.29, 0.717) is 11.5 Å². The van der Waals surface area contributed by atoms with E-state index in [1.54, 1.807) is 12.1 Å². The number of fused-ring (bicyclic) bond motifs is 1. The molecule has 2 aliphatic heterocycles. The number of piperidine rings is 1. The Morgan fingerprint density at radius 2 is 2.00 bits per heavy atom. The summed E-state index contributed by atoms with van der Waals surface area (Å²) in [6, 6.07) is 11.0. The average molecular weight is 437 g/mol. The van der Waals surface area contributed by atoms with Crippen LogP contribution in [-0.4, -0.2) is 63.4 Å². The van der Waals surface area contributed by atoms with Crippen molar-refractivity contribution < 1.29 is 19.4 Å². The molecule has 0 unspecified atom stereocenters. The van der Waals surface area contributed by atoms with Crippen molar-refractivity contribution in [3.8, 4) is 5.88 Å². The Kier molecular flexibility index (Phi) is 5.80. The zero-order valence-electron chi connectivity index (χ0n) is 18.2. The molecule has 0 saturated carbocycles. The average Bonchev–Trinajstić information content (AvgIpc) is 3.12. The van der Waals surface area contributed by atoms with Crippen LogP contribution in [0.4, 0.5) is 0 Å². The van der Waals surface area contributed by atoms with Crippen LogP contribution in [0.25, 0.3) is 11.0 Å². The van der Waals surface area contributed by atoms with Gasteiger partial charge >= 0.3 is 5.97 Å². The summed E-state index contributed by atoms with van der Waals surface area (Å²) < 4.78 is 12.8. The Hall–Kier alpha value is -2.97. The predicted octanol–water partition coefficient (Wildman–Crippen LogP) is 3.09. The van der Waals surface area contributed by atoms with Crippen LogP contribution in [0.3, 0.4) is 0 Å². The number of rotatable bonds is 6. The van der Waals surface area contributed by atoms with E-state index in [4.69, 9.17) is 14.5 Å². The van der Waals surface area contributed by atoms with Gasteiger partial charge in [-0.25, -0.2) is 14.8 Å². The molecule has 0 bridgehead atoms. The molecule has 0 radical (unpaired) electrons. The molecule has 2 aliphatic rings. The lowest BCUT2D eigenvalue weighted by molar-refractivity contribution is -0.0592. The molecule has 2 aromatic heterocycles. The van der Waals surface area contributed by atoms with Crippen LogP contribution < -0.4 is 0 Å². The van der Waals surface area contributed by atoms with Crippen LogP contribution in [0.2, 0.25) is 0 Å². The van der Waals surface area contributed by atoms with Crippen LogP contribution in [0.15, 0.2) is 36.4 Å². The van der Waals surface area contributed by atoms with Gasteiger partial charge in [0, 0.05) is 24.3 Å². The number of hydrogen-bond acceptors (Lipinski definition) is 7. The number of likely N-dealkylation sites (tertiary alicyclic amines) is 1. The summed E-state index contributed by atoms with van der Waals surface area (Å²) in [5.74, 6) is 1.10. The van der Waals surface area contributed by atoms with Crippen LogP contribution >= 0.6 is 0 Å². The quantitative estimate of drug-likeness (QED) is 0.594. The highest BCUT2D eigenvalue weighted by molar-refractivity contribution is 5.93. The first-order valence-electron chi connectivity index (χ1n) is 11.2. The molecule has 8 heteroatoms. The molecular weight excluding hydrogens is 408 g/mol. The summed E-state index contributed by atoms with van der Waals surface area (Å²) in [7, 11) is 1.40. The highest BCUT2D eigenvalue weighted by Gasteiger charge is 2.26. The molecule has 2 fully saturated rings. The van der Waals surface area contributed by atoms with Gasteiger partial charge in [-0.1, -0.05) is 6.07 Å². The van der Waals surface area contributed by atoms with E-state index >= 15 is 0 Å². The van der Waals surface area contributed by atoms with Gasteiger partial charge in [-0.15, -0.1) is 0 Å². The fourth-order valence-electron chi connectivity index (χ4n) is 4.63. The molecule has 32 heavy (non-hydrogen) atoms. The third kappa shape index (κ3) is 4.20. The number of imidazole rings is 1. The first-order chi connectivity index (χ1) is 15.6. The maximum atomic E-state index is 12.0. The molecule has 168 valence electrons. The van der Waals surface area contributed by atoms with Crippen LogP contribution in [-0.2, 0) is 22.6 Å². The summed E-state index contributed by atoms with van der Waals surface area (Å²) in [6.07, 6.45) is 3.22. The molecule has 1 N–H and O–H groups in total. The molecule has 1 aromatic carbocycles. The van der Waals surface area contributed by atoms with Crippen LogP contribution in [0.5, 0.6) is 5.88 Å². The molecule has 8 nitrogen and oxygen atoms in total. The Bertz CT molecular complexity index is 1120. The zero-order valence-corrected chi connectivity index (χ0v) is 18.2. The number of aromatic hydroxyl groups is 1. The number of methoxy groups -OCH3 is 1. The zero-order chi connectivity index (χ0) is 22.1. The first-order valence-corrected chi connectivity index (χ1v) is 11.2. The number of carbonyl (C=O) groups excluding carboxylic acids is 1. The van der Waals surface area contributed by atoms with Gasteiger partial charge in [0.25, 0.3) is 0 Å². The summed E-state index contributed by atoms with van der Waals surface area (Å²) in [4.78, 5) is 23.7. The highest BCUT2D eigenvalue weighted by Crippen LogP contribution is 2.29. The van der Waals surface area contributed by atoms with Gasteiger partial charge in [-0.2, -0.15) is 0 Å². The molecule has 5 rings (SSSR count). The summed E-state index contributed by atoms with van der Waals surface area (Å²) >= 11 is 0. The number of benzene rings is 1. The number of hydrogen-bond donors (Lipinski definition) is 1. The fraction of sp³-hybridized carbons (Fsp3) is 0.458. The van der Waals surface area contributed by atoms with Crippen molar-refractivity contribution in [2.24, 2.45) is 0 Å². The second kappa shape index (κ2) is 8.88. The third-order valence-electron chi connectivity index (χ3n) is 6.55. The van der Waals surface area contributed by atoms with Crippen molar-refractivity contribution in [2.75, 3.05) is 26.8 Å². The van der Waals surface area contributed by atoms with Crippen LogP contribution in [0, 0.1) is 0 Å². The van der Waals surface area contributed by atoms with E-state index in [1.807, 2.05) is 24.3 Å². The maximum Gasteiger partial charge on any atom is 0.337 e. The normalized spacial score (nSPS) is 19.7. The number of ether oxygens (including phenoxy) is 2. The highest BCUT2D eigenvalue weighted by atomic mass is 16.5. The van der Waals surface area contributed by atoms with Gasteiger partial charge in [-0.05, 0) is 56.6 Å². The molecule has 1 atom stereocenters. The van der Waals surface area contributed by atoms with Crippen molar-refractivity contribution in [2.45, 2.75) is 44.4 Å². The fourth-order valence-corrected chi connectivity index (χ4v) is 4.63. The van der Waals surface area contributed by atoms with E-state index in [1.165, 1.54) is 7.11 Å². The Labute approximate surface area is 186 Å². The second-order valence-electron chi connectivity index (χ2n) is 8.59. The van der Waals surface area contributed by atoms with Crippen molar-refractivity contribution in [3.63, 3.8) is 0 Å². The lowest BCUT2D eigenvalue weighted by atomic mass is 9.93. The van der Waals surface area contributed by atoms with Crippen molar-refractivity contribution in [1.29, 1.82) is 0 Å². The molecule has 3 aromatic rings. The minimum atomic E-state index is -0.344.